The molecule has 1 atom stereocenters. The SMILES string of the molecule is CC(C)(C)OC(=O)NC(CN)(C(=O)O)C(=O)OCC1c2ccccc2-c2ccccc21. The van der Waals surface area contributed by atoms with Gasteiger partial charge in [0.2, 0.25) is 0 Å². The molecule has 1 unspecified atom stereocenters. The zero-order valence-corrected chi connectivity index (χ0v) is 17.7. The number of aliphatic carboxylic acids is 1. The maximum absolute atomic E-state index is 12.9. The fourth-order valence-corrected chi connectivity index (χ4v) is 3.61. The highest BCUT2D eigenvalue weighted by Gasteiger charge is 2.49. The molecule has 2 aromatic rings. The number of benzene rings is 2. The van der Waals surface area contributed by atoms with Crippen LogP contribution in [0.25, 0.3) is 11.1 Å². The summed E-state index contributed by atoms with van der Waals surface area (Å²) in [5.41, 5.74) is 6.29. The number of carboxylic acids is 1. The second-order valence-corrected chi connectivity index (χ2v) is 8.37. The predicted octanol–water partition coefficient (Wildman–Crippen LogP) is 2.65. The highest BCUT2D eigenvalue weighted by Crippen LogP contribution is 2.44. The fourth-order valence-electron chi connectivity index (χ4n) is 3.61. The lowest BCUT2D eigenvalue weighted by molar-refractivity contribution is -0.162. The summed E-state index contributed by atoms with van der Waals surface area (Å²) in [6.45, 7) is 4.05. The van der Waals surface area contributed by atoms with Crippen molar-refractivity contribution in [2.45, 2.75) is 37.8 Å². The standard InChI is InChI=1S/C23H26N2O6/c1-22(2,3)31-21(29)25-23(13-24,19(26)27)20(28)30-12-18-16-10-6-4-8-14(16)15-9-5-7-11-17(15)18/h4-11,18H,12-13,24H2,1-3H3,(H,25,29)(H,26,27). The third kappa shape index (κ3) is 4.39. The molecule has 0 saturated heterocycles. The van der Waals surface area contributed by atoms with Crippen LogP contribution in [0.15, 0.2) is 48.5 Å². The van der Waals surface area contributed by atoms with Gasteiger partial charge < -0.3 is 20.3 Å². The lowest BCUT2D eigenvalue weighted by atomic mass is 9.97. The highest BCUT2D eigenvalue weighted by atomic mass is 16.6. The Morgan fingerprint density at radius 3 is 1.97 bits per heavy atom. The van der Waals surface area contributed by atoms with Crippen molar-refractivity contribution in [3.8, 4) is 11.1 Å². The molecule has 2 aromatic carbocycles. The van der Waals surface area contributed by atoms with Crippen LogP contribution in [0.4, 0.5) is 4.79 Å². The Balaban J connectivity index is 1.82. The first kappa shape index (κ1) is 22.3. The number of rotatable bonds is 6. The van der Waals surface area contributed by atoms with E-state index in [9.17, 15) is 19.5 Å². The first-order valence-electron chi connectivity index (χ1n) is 9.89. The summed E-state index contributed by atoms with van der Waals surface area (Å²) in [6, 6.07) is 15.5. The predicted molar refractivity (Wildman–Crippen MR) is 113 cm³/mol. The number of hydrogen-bond acceptors (Lipinski definition) is 6. The van der Waals surface area contributed by atoms with Gasteiger partial charge in [0.05, 0.1) is 0 Å². The summed E-state index contributed by atoms with van der Waals surface area (Å²) < 4.78 is 10.5. The van der Waals surface area contributed by atoms with E-state index in [1.807, 2.05) is 48.5 Å². The maximum atomic E-state index is 12.9. The number of carbonyl (C=O) groups excluding carboxylic acids is 2. The third-order valence-electron chi connectivity index (χ3n) is 5.08. The van der Waals surface area contributed by atoms with Crippen LogP contribution < -0.4 is 11.1 Å². The Labute approximate surface area is 180 Å². The van der Waals surface area contributed by atoms with E-state index in [1.54, 1.807) is 20.8 Å². The molecule has 1 aliphatic carbocycles. The van der Waals surface area contributed by atoms with E-state index in [4.69, 9.17) is 15.2 Å². The van der Waals surface area contributed by atoms with Gasteiger partial charge in [-0.15, -0.1) is 0 Å². The van der Waals surface area contributed by atoms with Crippen molar-refractivity contribution in [2.75, 3.05) is 13.2 Å². The van der Waals surface area contributed by atoms with Crippen LogP contribution >= 0.6 is 0 Å². The summed E-state index contributed by atoms with van der Waals surface area (Å²) in [5.74, 6) is -3.05. The van der Waals surface area contributed by atoms with Gasteiger partial charge in [-0.3, -0.25) is 5.32 Å². The molecule has 8 heteroatoms. The minimum Gasteiger partial charge on any atom is -0.479 e. The highest BCUT2D eigenvalue weighted by molar-refractivity contribution is 6.07. The molecule has 0 bridgehead atoms. The van der Waals surface area contributed by atoms with Crippen LogP contribution in [0.3, 0.4) is 0 Å². The topological polar surface area (TPSA) is 128 Å². The minimum atomic E-state index is -2.46. The molecule has 1 amide bonds. The summed E-state index contributed by atoms with van der Waals surface area (Å²) in [5, 5.41) is 11.8. The van der Waals surface area contributed by atoms with Gasteiger partial charge >= 0.3 is 18.0 Å². The molecule has 0 fully saturated rings. The van der Waals surface area contributed by atoms with Crippen molar-refractivity contribution in [2.24, 2.45) is 5.73 Å². The minimum absolute atomic E-state index is 0.0993. The Hall–Kier alpha value is -3.39. The molecule has 164 valence electrons. The molecule has 0 saturated carbocycles. The lowest BCUT2D eigenvalue weighted by Gasteiger charge is -2.29. The number of nitrogens with one attached hydrogen (secondary N) is 1. The van der Waals surface area contributed by atoms with Gasteiger partial charge in [0.1, 0.15) is 12.2 Å². The van der Waals surface area contributed by atoms with Crippen LogP contribution in [0.2, 0.25) is 0 Å². The van der Waals surface area contributed by atoms with Crippen molar-refractivity contribution in [1.29, 1.82) is 0 Å². The first-order chi connectivity index (χ1) is 14.6. The normalized spacial score (nSPS) is 14.7. The molecule has 8 nitrogen and oxygen atoms in total. The zero-order valence-electron chi connectivity index (χ0n) is 17.7. The molecule has 0 aromatic heterocycles. The molecular formula is C23H26N2O6. The summed E-state index contributed by atoms with van der Waals surface area (Å²) in [7, 11) is 0. The van der Waals surface area contributed by atoms with E-state index in [0.717, 1.165) is 22.3 Å². The average molecular weight is 426 g/mol. The number of fused-ring (bicyclic) bond motifs is 3. The second-order valence-electron chi connectivity index (χ2n) is 8.37. The van der Waals surface area contributed by atoms with Gasteiger partial charge in [-0.2, -0.15) is 0 Å². The van der Waals surface area contributed by atoms with Crippen LogP contribution in [0.5, 0.6) is 0 Å². The fraction of sp³-hybridized carbons (Fsp3) is 0.348. The van der Waals surface area contributed by atoms with Gasteiger partial charge in [0, 0.05) is 12.5 Å². The van der Waals surface area contributed by atoms with Gasteiger partial charge in [-0.1, -0.05) is 48.5 Å². The van der Waals surface area contributed by atoms with Crippen molar-refractivity contribution >= 4 is 18.0 Å². The van der Waals surface area contributed by atoms with Gasteiger partial charge in [0.15, 0.2) is 0 Å². The quantitative estimate of drug-likeness (QED) is 0.478. The van der Waals surface area contributed by atoms with E-state index in [2.05, 4.69) is 5.32 Å². The van der Waals surface area contributed by atoms with E-state index in [-0.39, 0.29) is 12.5 Å². The number of esters is 1. The summed E-state index contributed by atoms with van der Waals surface area (Å²) >= 11 is 0. The molecule has 0 spiro atoms. The van der Waals surface area contributed by atoms with Crippen molar-refractivity contribution in [3.63, 3.8) is 0 Å². The molecule has 0 heterocycles. The molecule has 4 N–H and O–H groups in total. The van der Waals surface area contributed by atoms with E-state index >= 15 is 0 Å². The molecule has 0 aliphatic heterocycles. The molecule has 3 rings (SSSR count). The molecule has 1 aliphatic rings. The van der Waals surface area contributed by atoms with Crippen molar-refractivity contribution in [1.82, 2.24) is 5.32 Å². The van der Waals surface area contributed by atoms with Crippen LogP contribution in [0.1, 0.15) is 37.8 Å². The van der Waals surface area contributed by atoms with Crippen LogP contribution in [-0.4, -0.2) is 47.4 Å². The van der Waals surface area contributed by atoms with Gasteiger partial charge in [0.25, 0.3) is 5.54 Å². The summed E-state index contributed by atoms with van der Waals surface area (Å²) in [4.78, 5) is 37.0. The zero-order chi connectivity index (χ0) is 22.8. The Morgan fingerprint density at radius 1 is 1.00 bits per heavy atom. The monoisotopic (exact) mass is 426 g/mol. The number of hydrogen-bond donors (Lipinski definition) is 3. The van der Waals surface area contributed by atoms with E-state index in [1.165, 1.54) is 0 Å². The summed E-state index contributed by atoms with van der Waals surface area (Å²) in [6.07, 6.45) is -1.08. The van der Waals surface area contributed by atoms with Crippen LogP contribution in [0, 0.1) is 0 Å². The maximum Gasteiger partial charge on any atom is 0.409 e. The molecule has 0 radical (unpaired) electrons. The third-order valence-corrected chi connectivity index (χ3v) is 5.08. The Bertz CT molecular complexity index is 968. The number of carbonyl (C=O) groups is 3. The largest absolute Gasteiger partial charge is 0.479 e. The number of nitrogens with two attached hydrogens (primary N) is 1. The van der Waals surface area contributed by atoms with Gasteiger partial charge in [-0.25, -0.2) is 14.4 Å². The van der Waals surface area contributed by atoms with Crippen LogP contribution in [-0.2, 0) is 19.1 Å². The second kappa shape index (κ2) is 8.39. The average Bonchev–Trinajstić information content (AvgIpc) is 3.02. The van der Waals surface area contributed by atoms with Gasteiger partial charge in [-0.05, 0) is 43.0 Å². The van der Waals surface area contributed by atoms with E-state index in [0.29, 0.717) is 0 Å². The van der Waals surface area contributed by atoms with Crippen molar-refractivity contribution in [3.05, 3.63) is 59.7 Å². The number of alkyl carbamates (subject to hydrolysis) is 1. The Kier molecular flexibility index (Phi) is 6.03. The Morgan fingerprint density at radius 2 is 1.52 bits per heavy atom. The number of carboxylic acid groups (broad SMARTS) is 1. The lowest BCUT2D eigenvalue weighted by Crippen LogP contribution is -2.65. The van der Waals surface area contributed by atoms with Crippen molar-refractivity contribution < 1.29 is 29.0 Å². The number of amides is 1. The molecule has 31 heavy (non-hydrogen) atoms. The van der Waals surface area contributed by atoms with E-state index < -0.39 is 35.7 Å². The smallest absolute Gasteiger partial charge is 0.409 e. The molecular weight excluding hydrogens is 400 g/mol. The number of ether oxygens (including phenoxy) is 2. The first-order valence-corrected chi connectivity index (χ1v) is 9.89.